The zero-order valence-electron chi connectivity index (χ0n) is 14.0. The number of amides is 1. The van der Waals surface area contributed by atoms with Gasteiger partial charge in [0.05, 0.1) is 0 Å². The number of nitrogens with one attached hydrogen (secondary N) is 2. The van der Waals surface area contributed by atoms with Gasteiger partial charge in [0.25, 0.3) is 5.91 Å². The molecule has 0 unspecified atom stereocenters. The van der Waals surface area contributed by atoms with Gasteiger partial charge in [0.2, 0.25) is 10.0 Å². The number of aromatic nitrogens is 1. The third-order valence-corrected chi connectivity index (χ3v) is 5.80. The van der Waals surface area contributed by atoms with Crippen molar-refractivity contribution in [3.8, 4) is 0 Å². The number of nitrogens with zero attached hydrogens (tertiary/aromatic N) is 2. The van der Waals surface area contributed by atoms with Gasteiger partial charge in [0.15, 0.2) is 0 Å². The Kier molecular flexibility index (Phi) is 5.83. The molecule has 0 saturated carbocycles. The van der Waals surface area contributed by atoms with Gasteiger partial charge in [0.1, 0.15) is 10.6 Å². The van der Waals surface area contributed by atoms with Crippen LogP contribution >= 0.6 is 0 Å². The fraction of sp³-hybridized carbons (Fsp3) is 0.667. The van der Waals surface area contributed by atoms with Gasteiger partial charge in [0, 0.05) is 25.8 Å². The monoisotopic (exact) mass is 342 g/mol. The highest BCUT2D eigenvalue weighted by Crippen LogP contribution is 2.15. The van der Waals surface area contributed by atoms with Crippen molar-refractivity contribution in [2.45, 2.75) is 37.1 Å². The summed E-state index contributed by atoms with van der Waals surface area (Å²) in [6.45, 7) is 4.87. The maximum atomic E-state index is 12.4. The molecule has 8 heteroatoms. The summed E-state index contributed by atoms with van der Waals surface area (Å²) in [7, 11) is -0.522. The molecule has 23 heavy (non-hydrogen) atoms. The van der Waals surface area contributed by atoms with E-state index in [1.165, 1.54) is 36.7 Å². The third-order valence-electron chi connectivity index (χ3n) is 4.42. The van der Waals surface area contributed by atoms with E-state index in [2.05, 4.69) is 21.9 Å². The van der Waals surface area contributed by atoms with Crippen LogP contribution in [0.2, 0.25) is 0 Å². The second kappa shape index (κ2) is 7.46. The number of carbonyl (C=O) groups excluding carboxylic acids is 1. The molecule has 1 aliphatic heterocycles. The van der Waals surface area contributed by atoms with Crippen LogP contribution < -0.4 is 10.0 Å². The molecule has 0 spiro atoms. The molecule has 1 aromatic rings. The molecule has 0 aromatic carbocycles. The minimum absolute atomic E-state index is 0.0965. The Morgan fingerprint density at radius 1 is 1.35 bits per heavy atom. The summed E-state index contributed by atoms with van der Waals surface area (Å²) in [6, 6.07) is 1.74. The molecule has 2 heterocycles. The van der Waals surface area contributed by atoms with Gasteiger partial charge < -0.3 is 9.88 Å². The highest BCUT2D eigenvalue weighted by atomic mass is 32.2. The number of aryl methyl sites for hydroxylation is 1. The molecule has 1 saturated heterocycles. The lowest BCUT2D eigenvalue weighted by molar-refractivity contribution is 0.0929. The topological polar surface area (TPSA) is 83.4 Å². The molecule has 1 fully saturated rings. The molecule has 130 valence electrons. The number of hydrogen-bond donors (Lipinski definition) is 2. The lowest BCUT2D eigenvalue weighted by atomic mass is 10.2. The summed E-state index contributed by atoms with van der Waals surface area (Å²) < 4.78 is 27.4. The molecule has 7 nitrogen and oxygen atoms in total. The van der Waals surface area contributed by atoms with Crippen LogP contribution in [0.4, 0.5) is 0 Å². The summed E-state index contributed by atoms with van der Waals surface area (Å²) in [4.78, 5) is 14.9. The van der Waals surface area contributed by atoms with E-state index in [1.54, 1.807) is 7.05 Å². The van der Waals surface area contributed by atoms with Crippen molar-refractivity contribution >= 4 is 15.9 Å². The Balaban J connectivity index is 2.03. The van der Waals surface area contributed by atoms with E-state index >= 15 is 0 Å². The van der Waals surface area contributed by atoms with Gasteiger partial charge >= 0.3 is 0 Å². The van der Waals surface area contributed by atoms with E-state index in [9.17, 15) is 13.2 Å². The maximum Gasteiger partial charge on any atom is 0.267 e. The zero-order chi connectivity index (χ0) is 17.0. The average Bonchev–Trinajstić information content (AvgIpc) is 3.17. The van der Waals surface area contributed by atoms with Crippen LogP contribution in [0.25, 0.3) is 0 Å². The molecule has 0 aliphatic carbocycles. The number of rotatable bonds is 7. The van der Waals surface area contributed by atoms with Crippen LogP contribution in [0.15, 0.2) is 17.2 Å². The van der Waals surface area contributed by atoms with E-state index in [0.29, 0.717) is 18.3 Å². The van der Waals surface area contributed by atoms with Gasteiger partial charge in [-0.25, -0.2) is 13.1 Å². The maximum absolute atomic E-state index is 12.4. The molecule has 1 aromatic heterocycles. The van der Waals surface area contributed by atoms with E-state index in [1.807, 2.05) is 0 Å². The van der Waals surface area contributed by atoms with Crippen LogP contribution in [0, 0.1) is 0 Å². The van der Waals surface area contributed by atoms with Crippen LogP contribution in [0.1, 0.15) is 36.7 Å². The third kappa shape index (κ3) is 4.13. The van der Waals surface area contributed by atoms with Crippen molar-refractivity contribution in [3.05, 3.63) is 18.0 Å². The largest absolute Gasteiger partial charge is 0.349 e. The zero-order valence-corrected chi connectivity index (χ0v) is 14.8. The predicted molar refractivity (Wildman–Crippen MR) is 88.9 cm³/mol. The molecule has 1 aliphatic rings. The smallest absolute Gasteiger partial charge is 0.267 e. The Hall–Kier alpha value is -1.38. The van der Waals surface area contributed by atoms with Crippen LogP contribution in [0.5, 0.6) is 0 Å². The quantitative estimate of drug-likeness (QED) is 0.757. The fourth-order valence-corrected chi connectivity index (χ4v) is 3.76. The highest BCUT2D eigenvalue weighted by Gasteiger charge is 2.23. The first-order valence-electron chi connectivity index (χ1n) is 8.01. The lowest BCUT2D eigenvalue weighted by Crippen LogP contribution is -2.42. The van der Waals surface area contributed by atoms with Crippen LogP contribution in [-0.4, -0.2) is 56.5 Å². The minimum atomic E-state index is -3.54. The molecular formula is C15H26N4O3S. The van der Waals surface area contributed by atoms with Crippen LogP contribution in [-0.2, 0) is 17.1 Å². The standard InChI is InChI=1S/C15H26N4O3S/c1-4-12(19-7-5-6-8-19)10-17-15(20)14-9-13(11-18(14)3)23(21,22)16-2/h9,11-12,16H,4-8,10H2,1-3H3,(H,17,20)/t12-/m1/s1. The Morgan fingerprint density at radius 3 is 2.57 bits per heavy atom. The number of likely N-dealkylation sites (tertiary alicyclic amines) is 1. The molecule has 1 amide bonds. The summed E-state index contributed by atoms with van der Waals surface area (Å²) in [5.74, 6) is -0.248. The molecular weight excluding hydrogens is 316 g/mol. The van der Waals surface area contributed by atoms with Gasteiger partial charge in [-0.15, -0.1) is 0 Å². The minimum Gasteiger partial charge on any atom is -0.349 e. The van der Waals surface area contributed by atoms with Crippen molar-refractivity contribution in [1.29, 1.82) is 0 Å². The van der Waals surface area contributed by atoms with Gasteiger partial charge in [-0.2, -0.15) is 0 Å². The second-order valence-corrected chi connectivity index (χ2v) is 7.78. The average molecular weight is 342 g/mol. The first-order chi connectivity index (χ1) is 10.9. The van der Waals surface area contributed by atoms with Crippen molar-refractivity contribution in [1.82, 2.24) is 19.5 Å². The van der Waals surface area contributed by atoms with Gasteiger partial charge in [-0.1, -0.05) is 6.92 Å². The fourth-order valence-electron chi connectivity index (χ4n) is 2.96. The van der Waals surface area contributed by atoms with Crippen molar-refractivity contribution in [2.24, 2.45) is 7.05 Å². The van der Waals surface area contributed by atoms with Crippen LogP contribution in [0.3, 0.4) is 0 Å². The van der Waals surface area contributed by atoms with E-state index in [4.69, 9.17) is 0 Å². The van der Waals surface area contributed by atoms with Crippen molar-refractivity contribution < 1.29 is 13.2 Å². The second-order valence-electron chi connectivity index (χ2n) is 5.89. The predicted octanol–water partition coefficient (Wildman–Crippen LogP) is 0.537. The van der Waals surface area contributed by atoms with E-state index < -0.39 is 10.0 Å². The van der Waals surface area contributed by atoms with E-state index in [-0.39, 0.29) is 10.8 Å². The molecule has 2 rings (SSSR count). The summed E-state index contributed by atoms with van der Waals surface area (Å²) >= 11 is 0. The van der Waals surface area contributed by atoms with Crippen molar-refractivity contribution in [2.75, 3.05) is 26.7 Å². The van der Waals surface area contributed by atoms with Crippen molar-refractivity contribution in [3.63, 3.8) is 0 Å². The number of sulfonamides is 1. The molecule has 0 radical (unpaired) electrons. The van der Waals surface area contributed by atoms with Gasteiger partial charge in [-0.05, 0) is 45.5 Å². The Bertz CT molecular complexity index is 648. The molecule has 0 bridgehead atoms. The number of hydrogen-bond acceptors (Lipinski definition) is 4. The summed E-state index contributed by atoms with van der Waals surface area (Å²) in [5, 5.41) is 2.93. The summed E-state index contributed by atoms with van der Waals surface area (Å²) in [6.07, 6.45) is 4.85. The molecule has 2 N–H and O–H groups in total. The first kappa shape index (κ1) is 18.0. The Morgan fingerprint density at radius 2 is 2.00 bits per heavy atom. The van der Waals surface area contributed by atoms with E-state index in [0.717, 1.165) is 19.5 Å². The summed E-state index contributed by atoms with van der Waals surface area (Å²) in [5.41, 5.74) is 0.343. The SMILES string of the molecule is CC[C@H](CNC(=O)c1cc(S(=O)(=O)NC)cn1C)N1CCCC1. The first-order valence-corrected chi connectivity index (χ1v) is 9.49. The Labute approximate surface area is 138 Å². The lowest BCUT2D eigenvalue weighted by Gasteiger charge is -2.26. The van der Waals surface area contributed by atoms with Gasteiger partial charge in [-0.3, -0.25) is 9.69 Å². The number of carbonyl (C=O) groups is 1. The normalized spacial score (nSPS) is 17.3. The highest BCUT2D eigenvalue weighted by molar-refractivity contribution is 7.89. The molecule has 1 atom stereocenters.